The zero-order valence-electron chi connectivity index (χ0n) is 11.2. The van der Waals surface area contributed by atoms with E-state index in [1.807, 2.05) is 0 Å². The number of carbonyl (C=O) groups excluding carboxylic acids is 1. The lowest BCUT2D eigenvalue weighted by atomic mass is 9.78. The van der Waals surface area contributed by atoms with Crippen LogP contribution in [-0.4, -0.2) is 11.4 Å². The van der Waals surface area contributed by atoms with Crippen LogP contribution in [0.2, 0.25) is 5.02 Å². The van der Waals surface area contributed by atoms with Gasteiger partial charge in [-0.25, -0.2) is 4.39 Å². The fourth-order valence-corrected chi connectivity index (χ4v) is 2.65. The summed E-state index contributed by atoms with van der Waals surface area (Å²) in [7, 11) is 0. The molecule has 0 spiro atoms. The minimum Gasteiger partial charge on any atom is -0.334 e. The van der Waals surface area contributed by atoms with Crippen LogP contribution >= 0.6 is 11.6 Å². The van der Waals surface area contributed by atoms with Gasteiger partial charge in [0, 0.05) is 5.02 Å². The number of nitrogens with zero attached hydrogens (tertiary/aromatic N) is 1. The van der Waals surface area contributed by atoms with Gasteiger partial charge in [-0.05, 0) is 49.8 Å². The van der Waals surface area contributed by atoms with Crippen LogP contribution in [0.15, 0.2) is 18.2 Å². The summed E-state index contributed by atoms with van der Waals surface area (Å²) in [6, 6.07) is 6.00. The van der Waals surface area contributed by atoms with Crippen molar-refractivity contribution in [1.82, 2.24) is 5.32 Å². The van der Waals surface area contributed by atoms with Crippen molar-refractivity contribution in [2.75, 3.05) is 0 Å². The first kappa shape index (κ1) is 14.8. The Labute approximate surface area is 122 Å². The van der Waals surface area contributed by atoms with Crippen molar-refractivity contribution < 1.29 is 9.18 Å². The van der Waals surface area contributed by atoms with Gasteiger partial charge in [0.2, 0.25) is 0 Å². The van der Waals surface area contributed by atoms with Gasteiger partial charge in [0.05, 0.1) is 11.6 Å². The predicted octanol–water partition coefficient (Wildman–Crippen LogP) is 3.68. The highest BCUT2D eigenvalue weighted by Gasteiger charge is 2.36. The lowest BCUT2D eigenvalue weighted by Gasteiger charge is -2.34. The van der Waals surface area contributed by atoms with Crippen LogP contribution in [0.4, 0.5) is 4.39 Å². The minimum absolute atomic E-state index is 0.120. The molecular formula is C15H16ClFN2O. The van der Waals surface area contributed by atoms with Gasteiger partial charge in [-0.3, -0.25) is 4.79 Å². The van der Waals surface area contributed by atoms with Gasteiger partial charge in [-0.2, -0.15) is 5.26 Å². The van der Waals surface area contributed by atoms with Gasteiger partial charge in [-0.15, -0.1) is 0 Å². The van der Waals surface area contributed by atoms with E-state index in [0.717, 1.165) is 18.9 Å². The molecule has 0 heterocycles. The van der Waals surface area contributed by atoms with E-state index in [2.05, 4.69) is 18.3 Å². The van der Waals surface area contributed by atoms with Crippen molar-refractivity contribution in [2.45, 2.75) is 38.1 Å². The maximum absolute atomic E-state index is 13.7. The summed E-state index contributed by atoms with van der Waals surface area (Å²) in [4.78, 5) is 12.2. The van der Waals surface area contributed by atoms with Crippen molar-refractivity contribution in [2.24, 2.45) is 5.92 Å². The molecule has 1 saturated carbocycles. The Hall–Kier alpha value is -1.60. The molecule has 0 bridgehead atoms. The Bertz CT molecular complexity index is 559. The molecular weight excluding hydrogens is 279 g/mol. The highest BCUT2D eigenvalue weighted by atomic mass is 35.5. The molecule has 0 aliphatic heterocycles. The Kier molecular flexibility index (Phi) is 4.29. The summed E-state index contributed by atoms with van der Waals surface area (Å²) < 4.78 is 13.7. The summed E-state index contributed by atoms with van der Waals surface area (Å²) in [5, 5.41) is 12.3. The SMILES string of the molecule is CC1CCC(C#N)(NC(=O)c2cc(Cl)ccc2F)CC1. The molecule has 3 nitrogen and oxygen atoms in total. The van der Waals surface area contributed by atoms with Gasteiger partial charge in [0.25, 0.3) is 5.91 Å². The maximum atomic E-state index is 13.7. The number of halogens is 2. The zero-order chi connectivity index (χ0) is 14.8. The number of hydrogen-bond donors (Lipinski definition) is 1. The smallest absolute Gasteiger partial charge is 0.255 e. The second-order valence-corrected chi connectivity index (χ2v) is 5.89. The molecule has 1 aliphatic carbocycles. The molecule has 1 amide bonds. The lowest BCUT2D eigenvalue weighted by Crippen LogP contribution is -2.49. The Morgan fingerprint density at radius 2 is 2.15 bits per heavy atom. The van der Waals surface area contributed by atoms with Crippen molar-refractivity contribution in [3.63, 3.8) is 0 Å². The molecule has 2 rings (SSSR count). The molecule has 0 aromatic heterocycles. The Morgan fingerprint density at radius 3 is 2.75 bits per heavy atom. The summed E-state index contributed by atoms with van der Waals surface area (Å²) in [6.45, 7) is 2.12. The standard InChI is InChI=1S/C15H16ClFN2O/c1-10-4-6-15(9-18,7-5-10)19-14(20)12-8-11(16)2-3-13(12)17/h2-3,8,10H,4-7H2,1H3,(H,19,20). The van der Waals surface area contributed by atoms with Gasteiger partial charge >= 0.3 is 0 Å². The molecule has 1 aliphatic rings. The normalized spacial score (nSPS) is 25.8. The second kappa shape index (κ2) is 5.80. The number of rotatable bonds is 2. The van der Waals surface area contributed by atoms with E-state index in [4.69, 9.17) is 11.6 Å². The van der Waals surface area contributed by atoms with Crippen LogP contribution in [0.5, 0.6) is 0 Å². The van der Waals surface area contributed by atoms with E-state index in [1.54, 1.807) is 0 Å². The van der Waals surface area contributed by atoms with Gasteiger partial charge in [0.15, 0.2) is 0 Å². The summed E-state index contributed by atoms with van der Waals surface area (Å²) >= 11 is 5.78. The Balaban J connectivity index is 2.18. The lowest BCUT2D eigenvalue weighted by molar-refractivity contribution is 0.0890. The van der Waals surface area contributed by atoms with Crippen LogP contribution in [0, 0.1) is 23.1 Å². The molecule has 106 valence electrons. The molecule has 1 N–H and O–H groups in total. The number of benzene rings is 1. The number of hydrogen-bond acceptors (Lipinski definition) is 2. The molecule has 0 radical (unpaired) electrons. The van der Waals surface area contributed by atoms with Gasteiger partial charge in [0.1, 0.15) is 11.4 Å². The fraction of sp³-hybridized carbons (Fsp3) is 0.467. The number of amides is 1. The monoisotopic (exact) mass is 294 g/mol. The third kappa shape index (κ3) is 3.10. The summed E-state index contributed by atoms with van der Waals surface area (Å²) in [6.07, 6.45) is 2.95. The average molecular weight is 295 g/mol. The number of nitriles is 1. The van der Waals surface area contributed by atoms with E-state index in [9.17, 15) is 14.4 Å². The predicted molar refractivity (Wildman–Crippen MR) is 74.9 cm³/mol. The maximum Gasteiger partial charge on any atom is 0.255 e. The molecule has 1 aromatic carbocycles. The van der Waals surface area contributed by atoms with Crippen LogP contribution in [0.1, 0.15) is 43.0 Å². The second-order valence-electron chi connectivity index (χ2n) is 5.45. The van der Waals surface area contributed by atoms with E-state index in [0.29, 0.717) is 23.8 Å². The first-order valence-corrected chi connectivity index (χ1v) is 7.02. The topological polar surface area (TPSA) is 52.9 Å². The Morgan fingerprint density at radius 1 is 1.50 bits per heavy atom. The van der Waals surface area contributed by atoms with Gasteiger partial charge < -0.3 is 5.32 Å². The van der Waals surface area contributed by atoms with E-state index >= 15 is 0 Å². The van der Waals surface area contributed by atoms with Crippen LogP contribution in [0.3, 0.4) is 0 Å². The molecule has 1 fully saturated rings. The first-order chi connectivity index (χ1) is 9.46. The van der Waals surface area contributed by atoms with Crippen LogP contribution in [0.25, 0.3) is 0 Å². The molecule has 0 unspecified atom stereocenters. The highest BCUT2D eigenvalue weighted by Crippen LogP contribution is 2.31. The molecule has 5 heteroatoms. The summed E-state index contributed by atoms with van der Waals surface area (Å²) in [5.41, 5.74) is -1.01. The van der Waals surface area contributed by atoms with Gasteiger partial charge in [-0.1, -0.05) is 18.5 Å². The number of carbonyl (C=O) groups is 1. The number of nitrogens with one attached hydrogen (secondary N) is 1. The van der Waals surface area contributed by atoms with E-state index in [-0.39, 0.29) is 5.56 Å². The summed E-state index contributed by atoms with van der Waals surface area (Å²) in [5.74, 6) is -0.665. The van der Waals surface area contributed by atoms with Crippen molar-refractivity contribution in [1.29, 1.82) is 5.26 Å². The largest absolute Gasteiger partial charge is 0.334 e. The van der Waals surface area contributed by atoms with Crippen molar-refractivity contribution >= 4 is 17.5 Å². The highest BCUT2D eigenvalue weighted by molar-refractivity contribution is 6.31. The first-order valence-electron chi connectivity index (χ1n) is 6.64. The fourth-order valence-electron chi connectivity index (χ4n) is 2.48. The zero-order valence-corrected chi connectivity index (χ0v) is 12.0. The average Bonchev–Trinajstić information content (AvgIpc) is 2.44. The van der Waals surface area contributed by atoms with E-state index in [1.165, 1.54) is 12.1 Å². The molecule has 0 saturated heterocycles. The molecule has 0 atom stereocenters. The molecule has 1 aromatic rings. The van der Waals surface area contributed by atoms with Crippen molar-refractivity contribution in [3.05, 3.63) is 34.6 Å². The van der Waals surface area contributed by atoms with Crippen LogP contribution in [-0.2, 0) is 0 Å². The minimum atomic E-state index is -0.891. The quantitative estimate of drug-likeness (QED) is 0.904. The van der Waals surface area contributed by atoms with E-state index < -0.39 is 17.3 Å². The van der Waals surface area contributed by atoms with Crippen molar-refractivity contribution in [3.8, 4) is 6.07 Å². The van der Waals surface area contributed by atoms with Crippen LogP contribution < -0.4 is 5.32 Å². The molecule has 20 heavy (non-hydrogen) atoms. The third-order valence-electron chi connectivity index (χ3n) is 3.87. The third-order valence-corrected chi connectivity index (χ3v) is 4.10.